The third kappa shape index (κ3) is 4.44. The smallest absolute Gasteiger partial charge is 0.231 e. The van der Waals surface area contributed by atoms with Gasteiger partial charge in [-0.25, -0.2) is 4.98 Å². The van der Waals surface area contributed by atoms with Crippen LogP contribution >= 0.6 is 0 Å². The molecule has 10 rings (SSSR count). The standard InChI is InChI=1S/C46H28N2O/c1-3-13-29(14-4-1)43-42-40-24-12-23-34(44(40)49-46(42)48-45(47-43)30-15-5-2-6-16-30)33-18-11-17-31(27-33)32-25-26-39-37-21-8-7-19-35(37)36-20-9-10-22-38(36)41(39)28-32/h1-28H. The van der Waals surface area contributed by atoms with E-state index in [-0.39, 0.29) is 0 Å². The van der Waals surface area contributed by atoms with Gasteiger partial charge in [0, 0.05) is 22.1 Å². The molecule has 8 aromatic carbocycles. The number of furan rings is 1. The average Bonchev–Trinajstić information content (AvgIpc) is 3.57. The SMILES string of the molecule is c1ccc(-c2nc(-c3ccccc3)c3c(n2)oc2c(-c4cccc(-c5ccc6c7ccccc7c7ccccc7c6c5)c4)cccc23)cc1. The van der Waals surface area contributed by atoms with E-state index in [4.69, 9.17) is 14.4 Å². The summed E-state index contributed by atoms with van der Waals surface area (Å²) in [7, 11) is 0. The lowest BCUT2D eigenvalue weighted by molar-refractivity contribution is 0.654. The predicted molar refractivity (Wildman–Crippen MR) is 204 cm³/mol. The first-order valence-corrected chi connectivity index (χ1v) is 16.6. The van der Waals surface area contributed by atoms with Crippen LogP contribution in [0.15, 0.2) is 174 Å². The first-order chi connectivity index (χ1) is 24.3. The summed E-state index contributed by atoms with van der Waals surface area (Å²) in [6.45, 7) is 0. The Bertz CT molecular complexity index is 2840. The second kappa shape index (κ2) is 11.0. The van der Waals surface area contributed by atoms with Crippen LogP contribution in [0.2, 0.25) is 0 Å². The van der Waals surface area contributed by atoms with Crippen LogP contribution in [-0.4, -0.2) is 9.97 Å². The molecule has 0 fully saturated rings. The van der Waals surface area contributed by atoms with Crippen molar-refractivity contribution in [2.75, 3.05) is 0 Å². The van der Waals surface area contributed by atoms with E-state index >= 15 is 0 Å². The Labute approximate surface area is 282 Å². The highest BCUT2D eigenvalue weighted by molar-refractivity contribution is 6.25. The summed E-state index contributed by atoms with van der Waals surface area (Å²) in [5.74, 6) is 0.645. The molecule has 0 atom stereocenters. The van der Waals surface area contributed by atoms with Crippen LogP contribution in [0.25, 0.3) is 99.3 Å². The van der Waals surface area contributed by atoms with Crippen molar-refractivity contribution in [3.05, 3.63) is 170 Å². The molecule has 2 aromatic heterocycles. The van der Waals surface area contributed by atoms with Crippen molar-refractivity contribution in [1.29, 1.82) is 0 Å². The molecule has 0 bridgehead atoms. The van der Waals surface area contributed by atoms with Crippen molar-refractivity contribution in [2.45, 2.75) is 0 Å². The Morgan fingerprint density at radius 2 is 0.878 bits per heavy atom. The molecule has 0 aliphatic rings. The van der Waals surface area contributed by atoms with Gasteiger partial charge in [0.2, 0.25) is 5.71 Å². The third-order valence-corrected chi connectivity index (χ3v) is 9.69. The molecular weight excluding hydrogens is 597 g/mol. The first-order valence-electron chi connectivity index (χ1n) is 16.6. The molecule has 0 unspecified atom stereocenters. The van der Waals surface area contributed by atoms with E-state index in [1.165, 1.54) is 37.9 Å². The number of fused-ring (bicyclic) bond motifs is 9. The van der Waals surface area contributed by atoms with E-state index in [0.29, 0.717) is 11.5 Å². The van der Waals surface area contributed by atoms with Gasteiger partial charge in [-0.1, -0.05) is 158 Å². The molecule has 2 heterocycles. The minimum atomic E-state index is 0.583. The van der Waals surface area contributed by atoms with E-state index in [1.807, 2.05) is 48.5 Å². The van der Waals surface area contributed by atoms with Gasteiger partial charge in [-0.2, -0.15) is 4.98 Å². The number of nitrogens with zero attached hydrogens (tertiary/aromatic N) is 2. The maximum Gasteiger partial charge on any atom is 0.231 e. The molecule has 0 aliphatic carbocycles. The maximum absolute atomic E-state index is 6.70. The second-order valence-corrected chi connectivity index (χ2v) is 12.5. The molecule has 3 nitrogen and oxygen atoms in total. The van der Waals surface area contributed by atoms with Crippen molar-refractivity contribution >= 4 is 54.4 Å². The van der Waals surface area contributed by atoms with Crippen molar-refractivity contribution in [3.8, 4) is 44.9 Å². The van der Waals surface area contributed by atoms with E-state index in [0.717, 1.165) is 49.9 Å². The third-order valence-electron chi connectivity index (χ3n) is 9.69. The van der Waals surface area contributed by atoms with E-state index < -0.39 is 0 Å². The molecule has 0 aliphatic heterocycles. The van der Waals surface area contributed by atoms with Crippen molar-refractivity contribution in [1.82, 2.24) is 9.97 Å². The second-order valence-electron chi connectivity index (χ2n) is 12.5. The summed E-state index contributed by atoms with van der Waals surface area (Å²) < 4.78 is 6.70. The molecule has 0 saturated heterocycles. The van der Waals surface area contributed by atoms with Crippen molar-refractivity contribution in [3.63, 3.8) is 0 Å². The minimum Gasteiger partial charge on any atom is -0.437 e. The number of para-hydroxylation sites is 1. The van der Waals surface area contributed by atoms with E-state index in [9.17, 15) is 0 Å². The molecule has 3 heteroatoms. The van der Waals surface area contributed by atoms with Crippen molar-refractivity contribution < 1.29 is 4.42 Å². The number of benzene rings is 8. The van der Waals surface area contributed by atoms with Crippen LogP contribution in [0.5, 0.6) is 0 Å². The lowest BCUT2D eigenvalue weighted by Crippen LogP contribution is -1.93. The summed E-state index contributed by atoms with van der Waals surface area (Å²) in [6, 6.07) is 59.8. The number of hydrogen-bond acceptors (Lipinski definition) is 3. The first kappa shape index (κ1) is 27.5. The molecule has 0 radical (unpaired) electrons. The van der Waals surface area contributed by atoms with E-state index in [2.05, 4.69) is 121 Å². The molecule has 0 N–H and O–H groups in total. The monoisotopic (exact) mass is 624 g/mol. The average molecular weight is 625 g/mol. The van der Waals surface area contributed by atoms with Gasteiger partial charge < -0.3 is 4.42 Å². The lowest BCUT2D eigenvalue weighted by atomic mass is 9.91. The summed E-state index contributed by atoms with van der Waals surface area (Å²) >= 11 is 0. The highest BCUT2D eigenvalue weighted by Crippen LogP contribution is 2.42. The zero-order valence-electron chi connectivity index (χ0n) is 26.5. The molecule has 49 heavy (non-hydrogen) atoms. The van der Waals surface area contributed by atoms with Crippen LogP contribution in [-0.2, 0) is 0 Å². The predicted octanol–water partition coefficient (Wildman–Crippen LogP) is 12.5. The topological polar surface area (TPSA) is 38.9 Å². The fraction of sp³-hybridized carbons (Fsp3) is 0. The molecule has 0 spiro atoms. The Balaban J connectivity index is 1.16. The minimum absolute atomic E-state index is 0.583. The van der Waals surface area contributed by atoms with Crippen LogP contribution in [0, 0.1) is 0 Å². The fourth-order valence-corrected chi connectivity index (χ4v) is 7.40. The van der Waals surface area contributed by atoms with E-state index in [1.54, 1.807) is 0 Å². The molecule has 10 aromatic rings. The van der Waals surface area contributed by atoms with Gasteiger partial charge in [-0.3, -0.25) is 0 Å². The Hall–Kier alpha value is -6.58. The van der Waals surface area contributed by atoms with Gasteiger partial charge in [0.1, 0.15) is 5.58 Å². The molecule has 228 valence electrons. The largest absolute Gasteiger partial charge is 0.437 e. The number of hydrogen-bond donors (Lipinski definition) is 0. The Morgan fingerprint density at radius 3 is 1.59 bits per heavy atom. The summed E-state index contributed by atoms with van der Waals surface area (Å²) in [5, 5.41) is 9.57. The zero-order chi connectivity index (χ0) is 32.3. The van der Waals surface area contributed by atoms with Crippen LogP contribution in [0.3, 0.4) is 0 Å². The number of rotatable bonds is 4. The van der Waals surface area contributed by atoms with Gasteiger partial charge >= 0.3 is 0 Å². The number of aromatic nitrogens is 2. The fourth-order valence-electron chi connectivity index (χ4n) is 7.40. The van der Waals surface area contributed by atoms with Gasteiger partial charge in [-0.05, 0) is 61.1 Å². The summed E-state index contributed by atoms with van der Waals surface area (Å²) in [5.41, 5.74) is 8.67. The van der Waals surface area contributed by atoms with Crippen LogP contribution in [0.4, 0.5) is 0 Å². The van der Waals surface area contributed by atoms with Gasteiger partial charge in [-0.15, -0.1) is 0 Å². The summed E-state index contributed by atoms with van der Waals surface area (Å²) in [6.07, 6.45) is 0. The lowest BCUT2D eigenvalue weighted by Gasteiger charge is -2.12. The molecule has 0 saturated carbocycles. The van der Waals surface area contributed by atoms with Gasteiger partial charge in [0.05, 0.1) is 11.1 Å². The Morgan fingerprint density at radius 1 is 0.347 bits per heavy atom. The Kier molecular flexibility index (Phi) is 6.18. The highest BCUT2D eigenvalue weighted by atomic mass is 16.3. The summed E-state index contributed by atoms with van der Waals surface area (Å²) in [4.78, 5) is 10.1. The van der Waals surface area contributed by atoms with Crippen molar-refractivity contribution in [2.24, 2.45) is 0 Å². The van der Waals surface area contributed by atoms with Crippen LogP contribution in [0.1, 0.15) is 0 Å². The maximum atomic E-state index is 6.70. The van der Waals surface area contributed by atoms with Gasteiger partial charge in [0.15, 0.2) is 5.82 Å². The zero-order valence-corrected chi connectivity index (χ0v) is 26.5. The van der Waals surface area contributed by atoms with Crippen LogP contribution < -0.4 is 0 Å². The normalized spacial score (nSPS) is 11.7. The quantitative estimate of drug-likeness (QED) is 0.183. The molecular formula is C46H28N2O. The molecule has 0 amide bonds. The van der Waals surface area contributed by atoms with Gasteiger partial charge in [0.25, 0.3) is 0 Å². The highest BCUT2D eigenvalue weighted by Gasteiger charge is 2.20.